The second-order valence-electron chi connectivity index (χ2n) is 6.19. The second kappa shape index (κ2) is 7.21. The Bertz CT molecular complexity index is 1040. The first-order chi connectivity index (χ1) is 13.5. The highest BCUT2D eigenvalue weighted by atomic mass is 35.5. The number of aromatic hydroxyl groups is 1. The van der Waals surface area contributed by atoms with E-state index in [-0.39, 0.29) is 5.75 Å². The number of amides is 2. The zero-order chi connectivity index (χ0) is 19.7. The highest BCUT2D eigenvalue weighted by Crippen LogP contribution is 2.34. The third-order valence-electron chi connectivity index (χ3n) is 4.34. The molecule has 0 fully saturated rings. The summed E-state index contributed by atoms with van der Waals surface area (Å²) in [5.41, 5.74) is 4.58. The maximum atomic E-state index is 13.1. The molecule has 2 heterocycles. The molecule has 140 valence electrons. The Morgan fingerprint density at radius 1 is 1.18 bits per heavy atom. The number of carbonyl (C=O) groups is 2. The number of benzene rings is 2. The van der Waals surface area contributed by atoms with Gasteiger partial charge in [-0.2, -0.15) is 0 Å². The summed E-state index contributed by atoms with van der Waals surface area (Å²) in [6.07, 6.45) is 2.29. The Kier molecular flexibility index (Phi) is 4.58. The van der Waals surface area contributed by atoms with Crippen LogP contribution in [0.2, 0.25) is 5.02 Å². The predicted molar refractivity (Wildman–Crippen MR) is 104 cm³/mol. The summed E-state index contributed by atoms with van der Waals surface area (Å²) >= 11 is 6.04. The molecular weight excluding hydrogens is 380 g/mol. The van der Waals surface area contributed by atoms with Crippen molar-refractivity contribution in [3.8, 4) is 5.75 Å². The number of rotatable bonds is 3. The number of anilines is 1. The first-order valence-corrected chi connectivity index (χ1v) is 8.80. The van der Waals surface area contributed by atoms with Gasteiger partial charge in [0.05, 0.1) is 11.1 Å². The molecule has 3 N–H and O–H groups in total. The summed E-state index contributed by atoms with van der Waals surface area (Å²) < 4.78 is 0. The van der Waals surface area contributed by atoms with Gasteiger partial charge >= 0.3 is 0 Å². The number of nitrogens with zero attached hydrogens (tertiary/aromatic N) is 2. The van der Waals surface area contributed by atoms with Crippen molar-refractivity contribution in [1.82, 2.24) is 15.4 Å². The first kappa shape index (κ1) is 17.8. The maximum Gasteiger partial charge on any atom is 0.276 e. The van der Waals surface area contributed by atoms with Gasteiger partial charge in [0.1, 0.15) is 11.9 Å². The number of hydrogen-bond donors (Lipinski definition) is 3. The van der Waals surface area contributed by atoms with Gasteiger partial charge < -0.3 is 10.4 Å². The van der Waals surface area contributed by atoms with E-state index in [4.69, 9.17) is 11.6 Å². The molecule has 1 aromatic heterocycles. The molecule has 1 unspecified atom stereocenters. The van der Waals surface area contributed by atoms with Crippen LogP contribution in [0.3, 0.4) is 0 Å². The number of nitrogens with one attached hydrogen (secondary N) is 2. The monoisotopic (exact) mass is 394 g/mol. The van der Waals surface area contributed by atoms with Gasteiger partial charge in [-0.1, -0.05) is 23.7 Å². The van der Waals surface area contributed by atoms with Crippen molar-refractivity contribution in [2.24, 2.45) is 0 Å². The summed E-state index contributed by atoms with van der Waals surface area (Å²) in [6, 6.07) is 14.5. The fourth-order valence-corrected chi connectivity index (χ4v) is 3.13. The number of phenolic OH excluding ortho intramolecular Hbond substituents is 1. The maximum absolute atomic E-state index is 13.1. The lowest BCUT2D eigenvalue weighted by Gasteiger charge is -2.37. The Balaban J connectivity index is 1.73. The number of hydrogen-bond acceptors (Lipinski definition) is 5. The van der Waals surface area contributed by atoms with Crippen LogP contribution >= 0.6 is 11.6 Å². The van der Waals surface area contributed by atoms with Gasteiger partial charge in [0, 0.05) is 23.1 Å². The normalized spacial score (nSPS) is 15.5. The van der Waals surface area contributed by atoms with Crippen molar-refractivity contribution < 1.29 is 14.7 Å². The lowest BCUT2D eigenvalue weighted by atomic mass is 10.0. The molecule has 1 aliphatic rings. The minimum absolute atomic E-state index is 0.101. The standard InChI is InChI=1S/C20H15ClN4O3/c21-14-5-8-17-16(10-14)20(28)25(24-19(27)13-2-1-9-22-11-13)18(23-17)12-3-6-15(26)7-4-12/h1-11,18,23,26H,(H,24,27). The zero-order valence-electron chi connectivity index (χ0n) is 14.5. The van der Waals surface area contributed by atoms with E-state index < -0.39 is 18.0 Å². The highest BCUT2D eigenvalue weighted by molar-refractivity contribution is 6.31. The number of aromatic nitrogens is 1. The van der Waals surface area contributed by atoms with Gasteiger partial charge in [-0.15, -0.1) is 0 Å². The SMILES string of the molecule is O=C(NN1C(=O)c2cc(Cl)ccc2NC1c1ccc(O)cc1)c1cccnc1. The predicted octanol–water partition coefficient (Wildman–Crippen LogP) is 3.35. The van der Waals surface area contributed by atoms with Gasteiger partial charge in [-0.25, -0.2) is 5.01 Å². The molecule has 0 saturated carbocycles. The molecule has 2 aromatic carbocycles. The molecule has 7 nitrogen and oxygen atoms in total. The molecule has 0 bridgehead atoms. The number of carbonyl (C=O) groups excluding carboxylic acids is 2. The first-order valence-electron chi connectivity index (χ1n) is 8.42. The largest absolute Gasteiger partial charge is 0.508 e. The summed E-state index contributed by atoms with van der Waals surface area (Å²) in [5, 5.41) is 14.4. The summed E-state index contributed by atoms with van der Waals surface area (Å²) in [5.74, 6) is -0.784. The van der Waals surface area contributed by atoms with Crippen LogP contribution in [0.15, 0.2) is 67.0 Å². The van der Waals surface area contributed by atoms with Crippen LogP contribution in [-0.4, -0.2) is 26.9 Å². The molecule has 4 rings (SSSR count). The Labute approximate surface area is 165 Å². The lowest BCUT2D eigenvalue weighted by molar-refractivity contribution is 0.0491. The van der Waals surface area contributed by atoms with E-state index in [1.54, 1.807) is 48.7 Å². The fraction of sp³-hybridized carbons (Fsp3) is 0.0500. The van der Waals surface area contributed by atoms with Crippen molar-refractivity contribution in [3.05, 3.63) is 88.7 Å². The Hall–Kier alpha value is -3.58. The third-order valence-corrected chi connectivity index (χ3v) is 4.57. The van der Waals surface area contributed by atoms with Crippen LogP contribution in [0.1, 0.15) is 32.4 Å². The molecule has 0 spiro atoms. The minimum atomic E-state index is -0.678. The molecule has 1 atom stereocenters. The highest BCUT2D eigenvalue weighted by Gasteiger charge is 2.34. The van der Waals surface area contributed by atoms with Crippen molar-refractivity contribution in [2.75, 3.05) is 5.32 Å². The van der Waals surface area contributed by atoms with Gasteiger partial charge in [-0.3, -0.25) is 20.0 Å². The number of pyridine rings is 1. The number of hydrazine groups is 1. The van der Waals surface area contributed by atoms with Gasteiger partial charge in [0.2, 0.25) is 0 Å². The van der Waals surface area contributed by atoms with Crippen LogP contribution in [0.4, 0.5) is 5.69 Å². The molecule has 8 heteroatoms. The Morgan fingerprint density at radius 2 is 1.96 bits per heavy atom. The van der Waals surface area contributed by atoms with E-state index >= 15 is 0 Å². The van der Waals surface area contributed by atoms with E-state index in [1.165, 1.54) is 23.3 Å². The fourth-order valence-electron chi connectivity index (χ4n) is 2.95. The van der Waals surface area contributed by atoms with Crippen molar-refractivity contribution >= 4 is 29.1 Å². The van der Waals surface area contributed by atoms with E-state index in [9.17, 15) is 14.7 Å². The number of halogens is 1. The smallest absolute Gasteiger partial charge is 0.276 e. The lowest BCUT2D eigenvalue weighted by Crippen LogP contribution is -2.52. The van der Waals surface area contributed by atoms with Crippen molar-refractivity contribution in [2.45, 2.75) is 6.17 Å². The average Bonchev–Trinajstić information content (AvgIpc) is 2.71. The van der Waals surface area contributed by atoms with Crippen LogP contribution in [-0.2, 0) is 0 Å². The van der Waals surface area contributed by atoms with Gasteiger partial charge in [0.15, 0.2) is 0 Å². The molecular formula is C20H15ClN4O3. The summed E-state index contributed by atoms with van der Waals surface area (Å²) in [7, 11) is 0. The van der Waals surface area contributed by atoms with E-state index in [1.807, 2.05) is 0 Å². The van der Waals surface area contributed by atoms with E-state index in [0.717, 1.165) is 0 Å². The van der Waals surface area contributed by atoms with E-state index in [2.05, 4.69) is 15.7 Å². The summed E-state index contributed by atoms with van der Waals surface area (Å²) in [4.78, 5) is 29.7. The van der Waals surface area contributed by atoms with Crippen molar-refractivity contribution in [3.63, 3.8) is 0 Å². The minimum Gasteiger partial charge on any atom is -0.508 e. The Morgan fingerprint density at radius 3 is 2.68 bits per heavy atom. The second-order valence-corrected chi connectivity index (χ2v) is 6.62. The van der Waals surface area contributed by atoms with E-state index in [0.29, 0.717) is 27.4 Å². The molecule has 2 amide bonds. The van der Waals surface area contributed by atoms with Crippen LogP contribution in [0.25, 0.3) is 0 Å². The molecule has 0 saturated heterocycles. The average molecular weight is 395 g/mol. The zero-order valence-corrected chi connectivity index (χ0v) is 15.2. The number of phenols is 1. The van der Waals surface area contributed by atoms with Gasteiger partial charge in [-0.05, 0) is 48.0 Å². The topological polar surface area (TPSA) is 94.6 Å². The quantitative estimate of drug-likeness (QED) is 0.633. The third kappa shape index (κ3) is 3.35. The van der Waals surface area contributed by atoms with Crippen LogP contribution in [0.5, 0.6) is 5.75 Å². The molecule has 0 aliphatic carbocycles. The van der Waals surface area contributed by atoms with Crippen molar-refractivity contribution in [1.29, 1.82) is 0 Å². The van der Waals surface area contributed by atoms with Crippen LogP contribution < -0.4 is 10.7 Å². The molecule has 0 radical (unpaired) electrons. The molecule has 1 aliphatic heterocycles. The number of fused-ring (bicyclic) bond motifs is 1. The van der Waals surface area contributed by atoms with Gasteiger partial charge in [0.25, 0.3) is 11.8 Å². The van der Waals surface area contributed by atoms with Crippen LogP contribution in [0, 0.1) is 0 Å². The molecule has 28 heavy (non-hydrogen) atoms. The summed E-state index contributed by atoms with van der Waals surface area (Å²) in [6.45, 7) is 0. The molecule has 3 aromatic rings.